The molecule has 0 saturated heterocycles. The molecule has 30 heavy (non-hydrogen) atoms. The van der Waals surface area contributed by atoms with Crippen molar-refractivity contribution < 1.29 is 28.6 Å². The van der Waals surface area contributed by atoms with E-state index >= 15 is 0 Å². The maximum absolute atomic E-state index is 12.3. The first-order valence-corrected chi connectivity index (χ1v) is 9.65. The van der Waals surface area contributed by atoms with E-state index < -0.39 is 30.1 Å². The first kappa shape index (κ1) is 22.9. The average Bonchev–Trinajstić information content (AvgIpc) is 3.18. The molecule has 9 heteroatoms. The van der Waals surface area contributed by atoms with Crippen LogP contribution in [0, 0.1) is 11.8 Å². The normalized spacial score (nSPS) is 13.0. The van der Waals surface area contributed by atoms with Crippen molar-refractivity contribution in [3.05, 3.63) is 53.7 Å². The summed E-state index contributed by atoms with van der Waals surface area (Å²) in [5.41, 5.74) is 0.781. The largest absolute Gasteiger partial charge is 0.480 e. The van der Waals surface area contributed by atoms with Crippen LogP contribution in [0.2, 0.25) is 0 Å². The highest BCUT2D eigenvalue weighted by molar-refractivity contribution is 5.94. The number of rotatable bonds is 9. The number of ether oxygens (including phenoxy) is 1. The van der Waals surface area contributed by atoms with E-state index in [1.165, 1.54) is 0 Å². The lowest BCUT2D eigenvalue weighted by Gasteiger charge is -2.19. The second kappa shape index (κ2) is 10.4. The van der Waals surface area contributed by atoms with Crippen molar-refractivity contribution in [2.24, 2.45) is 11.8 Å². The monoisotopic (exact) mass is 417 g/mol. The Bertz CT molecular complexity index is 863. The van der Waals surface area contributed by atoms with E-state index in [4.69, 9.17) is 9.15 Å². The molecule has 1 heterocycles. The minimum atomic E-state index is -1.13. The molecule has 0 bridgehead atoms. The molecule has 2 amide bonds. The molecule has 0 aliphatic rings. The Kier molecular flexibility index (Phi) is 7.97. The molecule has 0 radical (unpaired) electrons. The standard InChI is InChI=1S/C21H27N3O6/c1-12(2)16(24-21(28)30-10-14-8-6-5-7-9-14)19-22-15(11-29-19)18(25)23-17(13(3)4)20(26)27/h5-9,11-13,16-17H,10H2,1-4H3,(H,23,25)(H,24,28)(H,26,27)/t16-,17-/m0/s1. The van der Waals surface area contributed by atoms with Crippen LogP contribution in [-0.2, 0) is 16.1 Å². The van der Waals surface area contributed by atoms with Gasteiger partial charge in [0.25, 0.3) is 5.91 Å². The Labute approximate surface area is 174 Å². The smallest absolute Gasteiger partial charge is 0.408 e. The topological polar surface area (TPSA) is 131 Å². The summed E-state index contributed by atoms with van der Waals surface area (Å²) in [5, 5.41) is 14.3. The molecule has 2 rings (SSSR count). The van der Waals surface area contributed by atoms with E-state index in [2.05, 4.69) is 15.6 Å². The fourth-order valence-electron chi connectivity index (χ4n) is 2.67. The first-order chi connectivity index (χ1) is 14.2. The number of alkyl carbamates (subject to hydrolysis) is 1. The molecule has 0 aliphatic heterocycles. The average molecular weight is 417 g/mol. The first-order valence-electron chi connectivity index (χ1n) is 9.65. The van der Waals surface area contributed by atoms with Gasteiger partial charge in [-0.1, -0.05) is 58.0 Å². The highest BCUT2D eigenvalue weighted by Gasteiger charge is 2.28. The van der Waals surface area contributed by atoms with Gasteiger partial charge in [0.1, 0.15) is 25.0 Å². The summed E-state index contributed by atoms with van der Waals surface area (Å²) in [4.78, 5) is 39.9. The molecule has 1 aromatic carbocycles. The molecular formula is C21H27N3O6. The zero-order valence-corrected chi connectivity index (χ0v) is 17.4. The van der Waals surface area contributed by atoms with Crippen LogP contribution >= 0.6 is 0 Å². The van der Waals surface area contributed by atoms with E-state index in [1.54, 1.807) is 13.8 Å². The van der Waals surface area contributed by atoms with E-state index in [1.807, 2.05) is 44.2 Å². The summed E-state index contributed by atoms with van der Waals surface area (Å²) >= 11 is 0. The summed E-state index contributed by atoms with van der Waals surface area (Å²) in [6.07, 6.45) is 0.489. The highest BCUT2D eigenvalue weighted by atomic mass is 16.5. The van der Waals surface area contributed by atoms with Crippen LogP contribution in [0.25, 0.3) is 0 Å². The lowest BCUT2D eigenvalue weighted by Crippen LogP contribution is -2.44. The van der Waals surface area contributed by atoms with Gasteiger partial charge in [-0.2, -0.15) is 0 Å². The fourth-order valence-corrected chi connectivity index (χ4v) is 2.67. The van der Waals surface area contributed by atoms with Gasteiger partial charge in [-0.15, -0.1) is 0 Å². The van der Waals surface area contributed by atoms with E-state index in [0.717, 1.165) is 11.8 Å². The highest BCUT2D eigenvalue weighted by Crippen LogP contribution is 2.21. The minimum Gasteiger partial charge on any atom is -0.480 e. The van der Waals surface area contributed by atoms with E-state index in [9.17, 15) is 19.5 Å². The summed E-state index contributed by atoms with van der Waals surface area (Å²) in [7, 11) is 0. The van der Waals surface area contributed by atoms with E-state index in [-0.39, 0.29) is 30.0 Å². The van der Waals surface area contributed by atoms with Gasteiger partial charge >= 0.3 is 12.1 Å². The van der Waals surface area contributed by atoms with Crippen molar-refractivity contribution in [3.63, 3.8) is 0 Å². The van der Waals surface area contributed by atoms with Crippen molar-refractivity contribution in [1.82, 2.24) is 15.6 Å². The quantitative estimate of drug-likeness (QED) is 0.571. The zero-order chi connectivity index (χ0) is 22.3. The molecule has 0 fully saturated rings. The SMILES string of the molecule is CC(C)[C@H](NC(=O)c1coc([C@@H](NC(=O)OCc2ccccc2)C(C)C)n1)C(=O)O. The van der Waals surface area contributed by atoms with Crippen molar-refractivity contribution in [1.29, 1.82) is 0 Å². The van der Waals surface area contributed by atoms with Gasteiger partial charge in [-0.3, -0.25) is 4.79 Å². The molecule has 2 aromatic rings. The summed E-state index contributed by atoms with van der Waals surface area (Å²) < 4.78 is 10.6. The van der Waals surface area contributed by atoms with Crippen LogP contribution in [0.3, 0.4) is 0 Å². The third-order valence-electron chi connectivity index (χ3n) is 4.39. The summed E-state index contributed by atoms with van der Waals surface area (Å²) in [6, 6.07) is 7.57. The maximum atomic E-state index is 12.3. The predicted octanol–water partition coefficient (Wildman–Crippen LogP) is 3.14. The van der Waals surface area contributed by atoms with E-state index in [0.29, 0.717) is 0 Å². The Balaban J connectivity index is 2.02. The zero-order valence-electron chi connectivity index (χ0n) is 17.4. The second-order valence-electron chi connectivity index (χ2n) is 7.53. The molecule has 0 spiro atoms. The predicted molar refractivity (Wildman–Crippen MR) is 108 cm³/mol. The minimum absolute atomic E-state index is 0.0676. The number of nitrogens with one attached hydrogen (secondary N) is 2. The fraction of sp³-hybridized carbons (Fsp3) is 0.429. The second-order valence-corrected chi connectivity index (χ2v) is 7.53. The van der Waals surface area contributed by atoms with Crippen LogP contribution in [-0.4, -0.2) is 34.1 Å². The van der Waals surface area contributed by atoms with Crippen LogP contribution in [0.1, 0.15) is 55.7 Å². The molecule has 2 atom stereocenters. The van der Waals surface area contributed by atoms with Crippen LogP contribution in [0.15, 0.2) is 41.0 Å². The van der Waals surface area contributed by atoms with Gasteiger partial charge in [0, 0.05) is 0 Å². The van der Waals surface area contributed by atoms with Gasteiger partial charge in [-0.05, 0) is 17.4 Å². The number of aromatic nitrogens is 1. The number of amides is 2. The van der Waals surface area contributed by atoms with Gasteiger partial charge < -0.3 is 24.9 Å². The molecule has 0 aliphatic carbocycles. The molecule has 3 N–H and O–H groups in total. The van der Waals surface area contributed by atoms with Gasteiger partial charge in [0.05, 0.1) is 0 Å². The molecular weight excluding hydrogens is 390 g/mol. The number of carboxylic acids is 1. The van der Waals surface area contributed by atoms with Crippen molar-refractivity contribution >= 4 is 18.0 Å². The van der Waals surface area contributed by atoms with Crippen molar-refractivity contribution in [2.75, 3.05) is 0 Å². The number of nitrogens with zero attached hydrogens (tertiary/aromatic N) is 1. The number of oxazole rings is 1. The third-order valence-corrected chi connectivity index (χ3v) is 4.39. The van der Waals surface area contributed by atoms with Crippen molar-refractivity contribution in [2.45, 2.75) is 46.4 Å². The third kappa shape index (κ3) is 6.33. The number of hydrogen-bond acceptors (Lipinski definition) is 6. The molecule has 162 valence electrons. The van der Waals surface area contributed by atoms with Crippen LogP contribution in [0.5, 0.6) is 0 Å². The number of carbonyl (C=O) groups is 3. The van der Waals surface area contributed by atoms with Gasteiger partial charge in [0.15, 0.2) is 5.69 Å². The molecule has 0 saturated carbocycles. The maximum Gasteiger partial charge on any atom is 0.408 e. The molecule has 0 unspecified atom stereocenters. The molecule has 1 aromatic heterocycles. The van der Waals surface area contributed by atoms with Gasteiger partial charge in [0.2, 0.25) is 5.89 Å². The number of carboxylic acid groups (broad SMARTS) is 1. The number of carbonyl (C=O) groups excluding carboxylic acids is 2. The Hall–Kier alpha value is -3.36. The number of hydrogen-bond donors (Lipinski definition) is 3. The Morgan fingerprint density at radius 3 is 2.30 bits per heavy atom. The van der Waals surface area contributed by atoms with Crippen LogP contribution in [0.4, 0.5) is 4.79 Å². The number of aliphatic carboxylic acids is 1. The summed E-state index contributed by atoms with van der Waals surface area (Å²) in [5.74, 6) is -2.08. The Morgan fingerprint density at radius 2 is 1.73 bits per heavy atom. The number of benzene rings is 1. The lowest BCUT2D eigenvalue weighted by atomic mass is 10.0. The lowest BCUT2D eigenvalue weighted by molar-refractivity contribution is -0.140. The van der Waals surface area contributed by atoms with Crippen molar-refractivity contribution in [3.8, 4) is 0 Å². The Morgan fingerprint density at radius 1 is 1.07 bits per heavy atom. The summed E-state index contributed by atoms with van der Waals surface area (Å²) in [6.45, 7) is 7.19. The van der Waals surface area contributed by atoms with Gasteiger partial charge in [-0.25, -0.2) is 14.6 Å². The molecule has 9 nitrogen and oxygen atoms in total. The van der Waals surface area contributed by atoms with Crippen LogP contribution < -0.4 is 10.6 Å².